The summed E-state index contributed by atoms with van der Waals surface area (Å²) in [6.07, 6.45) is 0. The van der Waals surface area contributed by atoms with Gasteiger partial charge in [0, 0.05) is 11.3 Å². The number of benzene rings is 2. The maximum Gasteiger partial charge on any atom is 0.268 e. The maximum atomic E-state index is 13.0. The number of carbonyl (C=O) groups excluding carboxylic acids is 2. The summed E-state index contributed by atoms with van der Waals surface area (Å²) < 4.78 is 31.6. The van der Waals surface area contributed by atoms with Crippen LogP contribution in [0.25, 0.3) is 4.91 Å². The molecule has 2 aromatic carbocycles. The molecule has 0 bridgehead atoms. The molecule has 0 atom stereocenters. The van der Waals surface area contributed by atoms with Crippen LogP contribution in [0.5, 0.6) is 5.75 Å². The highest BCUT2D eigenvalue weighted by Crippen LogP contribution is 2.35. The second kappa shape index (κ2) is 7.47. The van der Waals surface area contributed by atoms with Gasteiger partial charge in [0.25, 0.3) is 15.9 Å². The second-order valence-corrected chi connectivity index (χ2v) is 8.16. The third-order valence-corrected chi connectivity index (χ3v) is 6.43. The Morgan fingerprint density at radius 1 is 1.07 bits per heavy atom. The van der Waals surface area contributed by atoms with Crippen LogP contribution < -0.4 is 10.1 Å². The van der Waals surface area contributed by atoms with E-state index in [9.17, 15) is 18.0 Å². The van der Waals surface area contributed by atoms with E-state index in [-0.39, 0.29) is 10.5 Å². The molecule has 0 saturated heterocycles. The molecule has 0 aliphatic carbocycles. The summed E-state index contributed by atoms with van der Waals surface area (Å²) >= 11 is 0. The van der Waals surface area contributed by atoms with Crippen molar-refractivity contribution >= 4 is 32.4 Å². The Bertz CT molecular complexity index is 1070. The maximum absolute atomic E-state index is 13.0. The van der Waals surface area contributed by atoms with Crippen LogP contribution in [0.2, 0.25) is 0 Å². The van der Waals surface area contributed by atoms with Gasteiger partial charge in [-0.2, -0.15) is 0 Å². The predicted molar refractivity (Wildman–Crippen MR) is 106 cm³/mol. The van der Waals surface area contributed by atoms with Crippen LogP contribution in [0.15, 0.2) is 54.1 Å². The fourth-order valence-electron chi connectivity index (χ4n) is 2.99. The summed E-state index contributed by atoms with van der Waals surface area (Å²) in [5.74, 6) is -0.723. The van der Waals surface area contributed by atoms with E-state index < -0.39 is 28.4 Å². The normalized spacial score (nSPS) is 15.7. The Kier molecular flexibility index (Phi) is 5.24. The van der Waals surface area contributed by atoms with Crippen molar-refractivity contribution < 1.29 is 22.7 Å². The number of anilines is 1. The Hall–Kier alpha value is -3.13. The molecule has 8 heteroatoms. The average molecular weight is 400 g/mol. The predicted octanol–water partition coefficient (Wildman–Crippen LogP) is 2.55. The number of aryl methyl sites for hydroxylation is 1. The minimum Gasteiger partial charge on any atom is -0.497 e. The zero-order valence-corrected chi connectivity index (χ0v) is 16.5. The SMILES string of the molecule is COc1ccc(C2=C(C)C(=O)N(CC(=O)Nc3ccccc3C)S2(=O)=O)cc1. The van der Waals surface area contributed by atoms with Gasteiger partial charge in [0.2, 0.25) is 5.91 Å². The molecule has 1 aliphatic rings. The zero-order chi connectivity index (χ0) is 20.5. The van der Waals surface area contributed by atoms with Gasteiger partial charge >= 0.3 is 0 Å². The van der Waals surface area contributed by atoms with Crippen LogP contribution in [0.4, 0.5) is 5.69 Å². The Balaban J connectivity index is 1.85. The van der Waals surface area contributed by atoms with E-state index in [1.807, 2.05) is 19.1 Å². The largest absolute Gasteiger partial charge is 0.497 e. The van der Waals surface area contributed by atoms with Crippen molar-refractivity contribution in [1.82, 2.24) is 4.31 Å². The third-order valence-electron chi connectivity index (χ3n) is 4.49. The van der Waals surface area contributed by atoms with Crippen LogP contribution in [0.1, 0.15) is 18.1 Å². The van der Waals surface area contributed by atoms with Gasteiger partial charge < -0.3 is 10.1 Å². The molecule has 0 unspecified atom stereocenters. The summed E-state index contributed by atoms with van der Waals surface area (Å²) in [4.78, 5) is 24.9. The quantitative estimate of drug-likeness (QED) is 0.833. The number of para-hydroxylation sites is 1. The van der Waals surface area contributed by atoms with Crippen LogP contribution >= 0.6 is 0 Å². The van der Waals surface area contributed by atoms with Gasteiger partial charge in [-0.15, -0.1) is 0 Å². The van der Waals surface area contributed by atoms with E-state index in [4.69, 9.17) is 4.74 Å². The summed E-state index contributed by atoms with van der Waals surface area (Å²) in [5.41, 5.74) is 1.85. The molecule has 3 rings (SSSR count). The first-order valence-electron chi connectivity index (χ1n) is 8.53. The molecule has 1 heterocycles. The van der Waals surface area contributed by atoms with Gasteiger partial charge in [-0.1, -0.05) is 18.2 Å². The van der Waals surface area contributed by atoms with Crippen molar-refractivity contribution in [3.05, 3.63) is 65.2 Å². The number of nitrogens with one attached hydrogen (secondary N) is 1. The van der Waals surface area contributed by atoms with Crippen LogP contribution in [0.3, 0.4) is 0 Å². The molecule has 0 fully saturated rings. The minimum atomic E-state index is -4.13. The lowest BCUT2D eigenvalue weighted by Crippen LogP contribution is -2.38. The zero-order valence-electron chi connectivity index (χ0n) is 15.7. The van der Waals surface area contributed by atoms with E-state index in [1.165, 1.54) is 14.0 Å². The molecule has 146 valence electrons. The first-order valence-corrected chi connectivity index (χ1v) is 9.97. The molecule has 1 N–H and O–H groups in total. The molecule has 0 spiro atoms. The third kappa shape index (κ3) is 3.50. The van der Waals surface area contributed by atoms with Gasteiger partial charge in [0.05, 0.1) is 7.11 Å². The molecule has 0 radical (unpaired) electrons. The van der Waals surface area contributed by atoms with Crippen LogP contribution in [-0.4, -0.2) is 38.2 Å². The highest BCUT2D eigenvalue weighted by atomic mass is 32.2. The van der Waals surface area contributed by atoms with Gasteiger partial charge in [-0.3, -0.25) is 9.59 Å². The number of sulfonamides is 1. The van der Waals surface area contributed by atoms with E-state index in [1.54, 1.807) is 36.4 Å². The number of nitrogens with zero attached hydrogens (tertiary/aromatic N) is 1. The molecular weight excluding hydrogens is 380 g/mol. The fraction of sp³-hybridized carbons (Fsp3) is 0.200. The van der Waals surface area contributed by atoms with Crippen molar-refractivity contribution in [2.24, 2.45) is 0 Å². The van der Waals surface area contributed by atoms with Crippen molar-refractivity contribution in [2.45, 2.75) is 13.8 Å². The minimum absolute atomic E-state index is 0.0776. The van der Waals surface area contributed by atoms with Gasteiger partial charge in [0.15, 0.2) is 0 Å². The monoisotopic (exact) mass is 400 g/mol. The first kappa shape index (κ1) is 19.6. The van der Waals surface area contributed by atoms with Crippen LogP contribution in [-0.2, 0) is 19.6 Å². The number of carbonyl (C=O) groups is 2. The summed E-state index contributed by atoms with van der Waals surface area (Å²) in [7, 11) is -2.63. The summed E-state index contributed by atoms with van der Waals surface area (Å²) in [5, 5.41) is 2.65. The molecule has 7 nitrogen and oxygen atoms in total. The van der Waals surface area contributed by atoms with Crippen molar-refractivity contribution in [3.8, 4) is 5.75 Å². The molecule has 0 saturated carbocycles. The molecule has 0 aromatic heterocycles. The van der Waals surface area contributed by atoms with E-state index in [0.717, 1.165) is 5.56 Å². The number of rotatable bonds is 5. The lowest BCUT2D eigenvalue weighted by molar-refractivity contribution is -0.126. The lowest BCUT2D eigenvalue weighted by Gasteiger charge is -2.17. The van der Waals surface area contributed by atoms with Gasteiger partial charge in [-0.05, 0) is 55.3 Å². The molecule has 28 heavy (non-hydrogen) atoms. The number of hydrogen-bond acceptors (Lipinski definition) is 5. The Morgan fingerprint density at radius 3 is 2.32 bits per heavy atom. The molecule has 2 amide bonds. The van der Waals surface area contributed by atoms with E-state index >= 15 is 0 Å². The van der Waals surface area contributed by atoms with Gasteiger partial charge in [0.1, 0.15) is 17.2 Å². The van der Waals surface area contributed by atoms with E-state index in [0.29, 0.717) is 21.3 Å². The number of hydrogen-bond donors (Lipinski definition) is 1. The average Bonchev–Trinajstić information content (AvgIpc) is 2.83. The molecule has 1 aliphatic heterocycles. The number of methoxy groups -OCH3 is 1. The molecule has 2 aromatic rings. The summed E-state index contributed by atoms with van der Waals surface area (Å²) in [6.45, 7) is 2.67. The van der Waals surface area contributed by atoms with Crippen molar-refractivity contribution in [1.29, 1.82) is 0 Å². The van der Waals surface area contributed by atoms with Crippen molar-refractivity contribution in [2.75, 3.05) is 19.0 Å². The topological polar surface area (TPSA) is 92.8 Å². The number of ether oxygens (including phenoxy) is 1. The first-order chi connectivity index (χ1) is 13.3. The Morgan fingerprint density at radius 2 is 1.71 bits per heavy atom. The smallest absolute Gasteiger partial charge is 0.268 e. The standard InChI is InChI=1S/C20H20N2O5S/c1-13-6-4-5-7-17(13)21-18(23)12-22-20(24)14(2)19(28(22,25)26)15-8-10-16(27-3)11-9-15/h4-11H,12H2,1-3H3,(H,21,23). The number of amides is 2. The lowest BCUT2D eigenvalue weighted by atomic mass is 10.1. The summed E-state index contributed by atoms with van der Waals surface area (Å²) in [6, 6.07) is 13.5. The second-order valence-electron chi connectivity index (χ2n) is 6.36. The van der Waals surface area contributed by atoms with Gasteiger partial charge in [-0.25, -0.2) is 12.7 Å². The van der Waals surface area contributed by atoms with E-state index in [2.05, 4.69) is 5.32 Å². The Labute approximate surface area is 163 Å². The highest BCUT2D eigenvalue weighted by molar-refractivity contribution is 7.99. The van der Waals surface area contributed by atoms with Crippen molar-refractivity contribution in [3.63, 3.8) is 0 Å². The van der Waals surface area contributed by atoms with Crippen LogP contribution in [0, 0.1) is 6.92 Å². The molecular formula is C20H20N2O5S. The fourth-order valence-corrected chi connectivity index (χ4v) is 4.77. The highest BCUT2D eigenvalue weighted by Gasteiger charge is 2.43.